The monoisotopic (exact) mass is 436 g/mol. The number of carbonyl (C=O) groups is 2. The van der Waals surface area contributed by atoms with Gasteiger partial charge in [0.25, 0.3) is 0 Å². The molecule has 164 valence electrons. The molecule has 0 spiro atoms. The predicted molar refractivity (Wildman–Crippen MR) is 115 cm³/mol. The Balaban J connectivity index is 1.74. The van der Waals surface area contributed by atoms with Crippen LogP contribution < -0.4 is 15.1 Å². The molecule has 1 atom stereocenters. The van der Waals surface area contributed by atoms with E-state index in [2.05, 4.69) is 0 Å². The normalized spacial score (nSPS) is 17.1. The van der Waals surface area contributed by atoms with Crippen LogP contribution in [0.2, 0.25) is 0 Å². The highest BCUT2D eigenvalue weighted by atomic mass is 16.6. The number of benzene rings is 2. The van der Waals surface area contributed by atoms with Crippen molar-refractivity contribution in [2.45, 2.75) is 45.8 Å². The van der Waals surface area contributed by atoms with Crippen molar-refractivity contribution in [2.24, 2.45) is 0 Å². The van der Waals surface area contributed by atoms with Crippen molar-refractivity contribution in [1.82, 2.24) is 0 Å². The van der Waals surface area contributed by atoms with Gasteiger partial charge in [-0.1, -0.05) is 0 Å². The van der Waals surface area contributed by atoms with Crippen LogP contribution in [-0.4, -0.2) is 23.6 Å². The lowest BCUT2D eigenvalue weighted by atomic mass is 10.00. The fourth-order valence-corrected chi connectivity index (χ4v) is 3.95. The van der Waals surface area contributed by atoms with Crippen LogP contribution in [0.15, 0.2) is 44.0 Å². The summed E-state index contributed by atoms with van der Waals surface area (Å²) >= 11 is 0. The van der Waals surface area contributed by atoms with E-state index in [0.717, 1.165) is 5.56 Å². The van der Waals surface area contributed by atoms with Crippen LogP contribution in [0.5, 0.6) is 11.5 Å². The first-order valence-corrected chi connectivity index (χ1v) is 10.1. The SMILES string of the molecule is CC(=O)Oc1ccc2c(c1)oc1c3cc(C[C@H]4OC4(C)C)c(OC(C)=O)cc3oc(=O)c21. The highest BCUT2D eigenvalue weighted by Gasteiger charge is 2.47. The van der Waals surface area contributed by atoms with E-state index in [-0.39, 0.29) is 22.7 Å². The first-order valence-electron chi connectivity index (χ1n) is 10.1. The third-order valence-electron chi connectivity index (χ3n) is 5.56. The summed E-state index contributed by atoms with van der Waals surface area (Å²) in [4.78, 5) is 35.7. The predicted octanol–water partition coefficient (Wildman–Crippen LogP) is 4.26. The summed E-state index contributed by atoms with van der Waals surface area (Å²) in [5, 5.41) is 1.40. The number of rotatable bonds is 4. The smallest absolute Gasteiger partial charge is 0.348 e. The lowest BCUT2D eigenvalue weighted by Gasteiger charge is -2.10. The summed E-state index contributed by atoms with van der Waals surface area (Å²) in [6.07, 6.45) is 0.491. The molecule has 1 fully saturated rings. The van der Waals surface area contributed by atoms with Crippen molar-refractivity contribution in [3.05, 3.63) is 46.3 Å². The molecule has 4 aromatic rings. The fourth-order valence-electron chi connectivity index (χ4n) is 3.95. The third-order valence-corrected chi connectivity index (χ3v) is 5.56. The Labute approximate surface area is 181 Å². The van der Waals surface area contributed by atoms with E-state index in [0.29, 0.717) is 39.9 Å². The molecule has 1 aliphatic rings. The van der Waals surface area contributed by atoms with Gasteiger partial charge in [-0.25, -0.2) is 4.79 Å². The van der Waals surface area contributed by atoms with Crippen molar-refractivity contribution >= 4 is 44.8 Å². The van der Waals surface area contributed by atoms with E-state index < -0.39 is 17.6 Å². The number of epoxide rings is 1. The molecule has 0 N–H and O–H groups in total. The van der Waals surface area contributed by atoms with Crippen LogP contribution in [0.4, 0.5) is 0 Å². The fraction of sp³-hybridized carbons (Fsp3) is 0.292. The van der Waals surface area contributed by atoms with Gasteiger partial charge < -0.3 is 23.0 Å². The van der Waals surface area contributed by atoms with Gasteiger partial charge in [-0.3, -0.25) is 9.59 Å². The second-order valence-electron chi connectivity index (χ2n) is 8.41. The van der Waals surface area contributed by atoms with Crippen LogP contribution in [0.25, 0.3) is 32.9 Å². The Morgan fingerprint density at radius 3 is 2.31 bits per heavy atom. The topological polar surface area (TPSA) is 108 Å². The minimum atomic E-state index is -0.584. The molecule has 8 nitrogen and oxygen atoms in total. The minimum absolute atomic E-state index is 0.0255. The van der Waals surface area contributed by atoms with Crippen molar-refractivity contribution in [1.29, 1.82) is 0 Å². The number of hydrogen-bond acceptors (Lipinski definition) is 8. The average molecular weight is 436 g/mol. The van der Waals surface area contributed by atoms with Crippen LogP contribution in [-0.2, 0) is 20.7 Å². The summed E-state index contributed by atoms with van der Waals surface area (Å²) in [5.41, 5.74) is 0.860. The van der Waals surface area contributed by atoms with E-state index in [9.17, 15) is 14.4 Å². The Kier molecular flexibility index (Phi) is 4.39. The number of carbonyl (C=O) groups excluding carboxylic acids is 2. The van der Waals surface area contributed by atoms with E-state index in [1.807, 2.05) is 13.8 Å². The van der Waals surface area contributed by atoms with Crippen LogP contribution in [0.3, 0.4) is 0 Å². The lowest BCUT2D eigenvalue weighted by molar-refractivity contribution is -0.132. The zero-order chi connectivity index (χ0) is 22.8. The van der Waals surface area contributed by atoms with Crippen molar-refractivity contribution in [3.8, 4) is 11.5 Å². The average Bonchev–Trinajstić information content (AvgIpc) is 3.11. The second-order valence-corrected chi connectivity index (χ2v) is 8.41. The number of esters is 2. The van der Waals surface area contributed by atoms with Gasteiger partial charge in [0, 0.05) is 37.8 Å². The summed E-state index contributed by atoms with van der Waals surface area (Å²) in [6, 6.07) is 8.11. The van der Waals surface area contributed by atoms with Crippen molar-refractivity contribution in [3.63, 3.8) is 0 Å². The molecular weight excluding hydrogens is 416 g/mol. The maximum absolute atomic E-state index is 12.8. The molecule has 8 heteroatoms. The van der Waals surface area contributed by atoms with Gasteiger partial charge in [-0.05, 0) is 37.6 Å². The molecule has 0 unspecified atom stereocenters. The molecule has 0 radical (unpaired) electrons. The molecule has 3 heterocycles. The van der Waals surface area contributed by atoms with Gasteiger partial charge >= 0.3 is 17.6 Å². The molecule has 32 heavy (non-hydrogen) atoms. The van der Waals surface area contributed by atoms with Crippen molar-refractivity contribution < 1.29 is 32.6 Å². The van der Waals surface area contributed by atoms with E-state index >= 15 is 0 Å². The van der Waals surface area contributed by atoms with Gasteiger partial charge in [0.1, 0.15) is 28.1 Å². The van der Waals surface area contributed by atoms with Crippen LogP contribution in [0.1, 0.15) is 33.3 Å². The second kappa shape index (κ2) is 6.93. The maximum Gasteiger partial charge on any atom is 0.348 e. The minimum Gasteiger partial charge on any atom is -0.455 e. The standard InChI is InChI=1S/C24H20O8/c1-11(25)28-14-5-6-15-18(9-14)30-22-16-7-13(8-20-24(3,4)32-20)17(29-12(2)26)10-19(16)31-23(27)21(15)22/h5-7,9-10,20H,8H2,1-4H3/t20-/m1/s1. The molecule has 1 saturated heterocycles. The number of ether oxygens (including phenoxy) is 3. The molecule has 2 aromatic carbocycles. The zero-order valence-corrected chi connectivity index (χ0v) is 17.9. The Morgan fingerprint density at radius 1 is 0.969 bits per heavy atom. The summed E-state index contributed by atoms with van der Waals surface area (Å²) in [7, 11) is 0. The molecule has 0 saturated carbocycles. The highest BCUT2D eigenvalue weighted by molar-refractivity contribution is 6.13. The maximum atomic E-state index is 12.8. The van der Waals surface area contributed by atoms with Gasteiger partial charge in [0.05, 0.1) is 17.1 Å². The summed E-state index contributed by atoms with van der Waals surface area (Å²) in [6.45, 7) is 6.59. The zero-order valence-electron chi connectivity index (χ0n) is 17.9. The Bertz CT molecular complexity index is 1490. The van der Waals surface area contributed by atoms with E-state index in [4.69, 9.17) is 23.0 Å². The summed E-state index contributed by atoms with van der Waals surface area (Å²) in [5.74, 6) is -0.319. The number of furan rings is 1. The largest absolute Gasteiger partial charge is 0.455 e. The molecule has 0 bridgehead atoms. The Morgan fingerprint density at radius 2 is 1.66 bits per heavy atom. The van der Waals surface area contributed by atoms with Crippen molar-refractivity contribution in [2.75, 3.05) is 0 Å². The molecule has 0 amide bonds. The van der Waals surface area contributed by atoms with Crippen LogP contribution in [0, 0.1) is 0 Å². The Hall–Kier alpha value is -3.65. The van der Waals surface area contributed by atoms with Gasteiger partial charge in [-0.15, -0.1) is 0 Å². The first-order chi connectivity index (χ1) is 15.1. The molecular formula is C24H20O8. The molecule has 2 aromatic heterocycles. The number of hydrogen-bond donors (Lipinski definition) is 0. The quantitative estimate of drug-likeness (QED) is 0.202. The number of fused-ring (bicyclic) bond motifs is 5. The summed E-state index contributed by atoms with van der Waals surface area (Å²) < 4.78 is 27.8. The van der Waals surface area contributed by atoms with Gasteiger partial charge in [0.15, 0.2) is 5.58 Å². The van der Waals surface area contributed by atoms with Gasteiger partial charge in [-0.2, -0.15) is 0 Å². The van der Waals surface area contributed by atoms with E-state index in [1.165, 1.54) is 19.9 Å². The first kappa shape index (κ1) is 20.3. The van der Waals surface area contributed by atoms with Gasteiger partial charge in [0.2, 0.25) is 0 Å². The van der Waals surface area contributed by atoms with E-state index in [1.54, 1.807) is 24.3 Å². The third kappa shape index (κ3) is 3.42. The lowest BCUT2D eigenvalue weighted by Crippen LogP contribution is -2.09. The molecule has 1 aliphatic heterocycles. The molecule has 0 aliphatic carbocycles. The highest BCUT2D eigenvalue weighted by Crippen LogP contribution is 2.41. The molecule has 5 rings (SSSR count). The van der Waals surface area contributed by atoms with Crippen LogP contribution >= 0.6 is 0 Å².